The summed E-state index contributed by atoms with van der Waals surface area (Å²) < 4.78 is 0. The van der Waals surface area contributed by atoms with Gasteiger partial charge in [0.25, 0.3) is 0 Å². The Morgan fingerprint density at radius 2 is 0.681 bits per heavy atom. The van der Waals surface area contributed by atoms with Crippen molar-refractivity contribution >= 4 is 21.5 Å². The lowest BCUT2D eigenvalue weighted by Crippen LogP contribution is -2.28. The van der Waals surface area contributed by atoms with Crippen molar-refractivity contribution < 1.29 is 10.2 Å². The van der Waals surface area contributed by atoms with Gasteiger partial charge in [0, 0.05) is 0 Å². The quantitative estimate of drug-likeness (QED) is 0.210. The van der Waals surface area contributed by atoms with Crippen molar-refractivity contribution in [2.75, 3.05) is 0 Å². The van der Waals surface area contributed by atoms with Crippen LogP contribution in [0.15, 0.2) is 170 Å². The maximum Gasteiger partial charge on any atom is 0.115 e. The number of benzene rings is 8. The lowest BCUT2D eigenvalue weighted by atomic mass is 9.67. The van der Waals surface area contributed by atoms with Crippen molar-refractivity contribution in [1.82, 2.24) is 0 Å². The molecule has 0 saturated heterocycles. The summed E-state index contributed by atoms with van der Waals surface area (Å²) in [5.41, 5.74) is 10.7. The first kappa shape index (κ1) is 27.2. The minimum absolute atomic E-state index is 0.225. The van der Waals surface area contributed by atoms with Gasteiger partial charge in [-0.2, -0.15) is 0 Å². The second-order valence-corrected chi connectivity index (χ2v) is 12.5. The topological polar surface area (TPSA) is 40.5 Å². The maximum atomic E-state index is 10.4. The van der Waals surface area contributed by atoms with E-state index < -0.39 is 5.41 Å². The van der Waals surface area contributed by atoms with E-state index in [-0.39, 0.29) is 11.5 Å². The van der Waals surface area contributed by atoms with Gasteiger partial charge in [-0.25, -0.2) is 0 Å². The summed E-state index contributed by atoms with van der Waals surface area (Å²) in [6, 6.07) is 59.1. The van der Waals surface area contributed by atoms with E-state index in [0.717, 1.165) is 33.4 Å². The Labute approximate surface area is 273 Å². The fraction of sp³-hybridized carbons (Fsp3) is 0.0222. The number of aromatic hydroxyl groups is 2. The molecule has 1 aliphatic rings. The molecule has 2 N–H and O–H groups in total. The van der Waals surface area contributed by atoms with Gasteiger partial charge in [-0.3, -0.25) is 0 Å². The number of phenols is 2. The highest BCUT2D eigenvalue weighted by Crippen LogP contribution is 2.57. The molecule has 0 amide bonds. The summed E-state index contributed by atoms with van der Waals surface area (Å²) in [7, 11) is 0. The van der Waals surface area contributed by atoms with E-state index in [4.69, 9.17) is 0 Å². The lowest BCUT2D eigenvalue weighted by Gasteiger charge is -2.34. The molecule has 1 aliphatic carbocycles. The molecule has 0 aromatic heterocycles. The van der Waals surface area contributed by atoms with E-state index in [1.807, 2.05) is 24.3 Å². The van der Waals surface area contributed by atoms with Crippen LogP contribution in [-0.2, 0) is 5.41 Å². The summed E-state index contributed by atoms with van der Waals surface area (Å²) >= 11 is 0. The van der Waals surface area contributed by atoms with Gasteiger partial charge < -0.3 is 10.2 Å². The third-order valence-electron chi connectivity index (χ3n) is 9.90. The molecule has 0 unspecified atom stereocenters. The zero-order chi connectivity index (χ0) is 31.5. The minimum atomic E-state index is -0.703. The molecule has 0 radical (unpaired) electrons. The molecule has 8 aromatic carbocycles. The number of hydrogen-bond donors (Lipinski definition) is 2. The number of hydrogen-bond acceptors (Lipinski definition) is 2. The second-order valence-electron chi connectivity index (χ2n) is 12.5. The Bertz CT molecular complexity index is 2300. The highest BCUT2D eigenvalue weighted by molar-refractivity contribution is 5.93. The molecule has 0 aliphatic heterocycles. The molecule has 0 atom stereocenters. The van der Waals surface area contributed by atoms with Crippen LogP contribution in [0.5, 0.6) is 11.5 Å². The average molecular weight is 603 g/mol. The fourth-order valence-electron chi connectivity index (χ4n) is 7.63. The van der Waals surface area contributed by atoms with Crippen LogP contribution in [0.1, 0.15) is 22.3 Å². The zero-order valence-electron chi connectivity index (χ0n) is 25.6. The summed E-state index contributed by atoms with van der Waals surface area (Å²) in [5, 5.41) is 25.7. The van der Waals surface area contributed by atoms with Gasteiger partial charge in [0.1, 0.15) is 11.5 Å². The van der Waals surface area contributed by atoms with E-state index in [1.54, 1.807) is 24.3 Å². The van der Waals surface area contributed by atoms with Crippen molar-refractivity contribution in [3.63, 3.8) is 0 Å². The van der Waals surface area contributed by atoms with E-state index in [0.29, 0.717) is 0 Å². The number of rotatable bonds is 4. The lowest BCUT2D eigenvalue weighted by molar-refractivity contribution is 0.475. The average Bonchev–Trinajstić information content (AvgIpc) is 3.41. The predicted octanol–water partition coefficient (Wildman–Crippen LogP) is 11.1. The molecule has 9 rings (SSSR count). The SMILES string of the molecule is Oc1ccc(C2(c3ccc(O)cc3)c3cc(-c4ccc5ccccc5c4)ccc3-c3ccc(-c4ccc5ccccc5c4)cc32)cc1. The van der Waals surface area contributed by atoms with Crippen molar-refractivity contribution in [3.8, 4) is 44.9 Å². The van der Waals surface area contributed by atoms with Crippen LogP contribution in [0.4, 0.5) is 0 Å². The van der Waals surface area contributed by atoms with Crippen LogP contribution in [-0.4, -0.2) is 10.2 Å². The van der Waals surface area contributed by atoms with E-state index >= 15 is 0 Å². The Morgan fingerprint density at radius 1 is 0.319 bits per heavy atom. The van der Waals surface area contributed by atoms with Crippen molar-refractivity contribution in [1.29, 1.82) is 0 Å². The maximum absolute atomic E-state index is 10.4. The largest absolute Gasteiger partial charge is 0.508 e. The van der Waals surface area contributed by atoms with Crippen LogP contribution in [0.2, 0.25) is 0 Å². The Kier molecular flexibility index (Phi) is 6.06. The number of fused-ring (bicyclic) bond motifs is 5. The van der Waals surface area contributed by atoms with Gasteiger partial charge in [-0.05, 0) is 126 Å². The van der Waals surface area contributed by atoms with Gasteiger partial charge in [0.05, 0.1) is 5.41 Å². The Balaban J connectivity index is 1.34. The van der Waals surface area contributed by atoms with E-state index in [9.17, 15) is 10.2 Å². The molecular weight excluding hydrogens is 572 g/mol. The van der Waals surface area contributed by atoms with Gasteiger partial charge in [0.2, 0.25) is 0 Å². The Hall–Kier alpha value is -6.12. The summed E-state index contributed by atoms with van der Waals surface area (Å²) in [6.45, 7) is 0. The standard InChI is InChI=1S/C45H30O2/c46-39-19-15-37(16-20-39)45(38-17-21-40(47)22-18-38)43-27-35(33-11-9-29-5-1-3-7-31(29)25-33)13-23-41(43)42-24-14-36(28-44(42)45)34-12-10-30-6-2-4-8-32(30)26-34/h1-28,46-47H. The molecular formula is C45H30O2. The first-order valence-corrected chi connectivity index (χ1v) is 15.9. The molecule has 2 nitrogen and oxygen atoms in total. The van der Waals surface area contributed by atoms with Gasteiger partial charge >= 0.3 is 0 Å². The van der Waals surface area contributed by atoms with Crippen LogP contribution in [0, 0.1) is 0 Å². The van der Waals surface area contributed by atoms with Crippen molar-refractivity contribution in [2.24, 2.45) is 0 Å². The molecule has 0 heterocycles. The second kappa shape index (κ2) is 10.5. The zero-order valence-corrected chi connectivity index (χ0v) is 25.6. The monoisotopic (exact) mass is 602 g/mol. The number of phenolic OH excluding ortho intramolecular Hbond substituents is 2. The molecule has 0 fully saturated rings. The smallest absolute Gasteiger partial charge is 0.115 e. The van der Waals surface area contributed by atoms with Gasteiger partial charge in [-0.15, -0.1) is 0 Å². The molecule has 47 heavy (non-hydrogen) atoms. The third-order valence-corrected chi connectivity index (χ3v) is 9.90. The highest BCUT2D eigenvalue weighted by atomic mass is 16.3. The molecule has 0 spiro atoms. The first-order chi connectivity index (χ1) is 23.1. The molecule has 8 aromatic rings. The highest BCUT2D eigenvalue weighted by Gasteiger charge is 2.46. The van der Waals surface area contributed by atoms with Crippen LogP contribution in [0.3, 0.4) is 0 Å². The molecule has 0 saturated carbocycles. The first-order valence-electron chi connectivity index (χ1n) is 15.9. The van der Waals surface area contributed by atoms with Crippen molar-refractivity contribution in [2.45, 2.75) is 5.41 Å². The van der Waals surface area contributed by atoms with Gasteiger partial charge in [0.15, 0.2) is 0 Å². The molecule has 2 heteroatoms. The summed E-state index contributed by atoms with van der Waals surface area (Å²) in [6.07, 6.45) is 0. The summed E-state index contributed by atoms with van der Waals surface area (Å²) in [5.74, 6) is 0.450. The van der Waals surface area contributed by atoms with Crippen molar-refractivity contribution in [3.05, 3.63) is 192 Å². The third kappa shape index (κ3) is 4.26. The van der Waals surface area contributed by atoms with E-state index in [1.165, 1.54) is 43.8 Å². The van der Waals surface area contributed by atoms with Crippen LogP contribution < -0.4 is 0 Å². The normalized spacial score (nSPS) is 13.0. The minimum Gasteiger partial charge on any atom is -0.508 e. The molecule has 0 bridgehead atoms. The summed E-state index contributed by atoms with van der Waals surface area (Å²) in [4.78, 5) is 0. The van der Waals surface area contributed by atoms with Crippen LogP contribution in [0.25, 0.3) is 54.9 Å². The van der Waals surface area contributed by atoms with Gasteiger partial charge in [-0.1, -0.05) is 121 Å². The predicted molar refractivity (Wildman–Crippen MR) is 193 cm³/mol. The fourth-order valence-corrected chi connectivity index (χ4v) is 7.63. The molecule has 222 valence electrons. The van der Waals surface area contributed by atoms with E-state index in [2.05, 4.69) is 121 Å². The van der Waals surface area contributed by atoms with Crippen LogP contribution >= 0.6 is 0 Å². The Morgan fingerprint density at radius 3 is 1.11 bits per heavy atom.